The van der Waals surface area contributed by atoms with Crippen LogP contribution >= 0.6 is 0 Å². The number of ether oxygens (including phenoxy) is 1. The molecule has 2 rings (SSSR count). The predicted molar refractivity (Wildman–Crippen MR) is 62.1 cm³/mol. The van der Waals surface area contributed by atoms with Gasteiger partial charge in [0.25, 0.3) is 5.91 Å². The molecule has 1 aromatic rings. The molecule has 92 valence electrons. The maximum Gasteiger partial charge on any atom is 0.251 e. The van der Waals surface area contributed by atoms with E-state index in [4.69, 9.17) is 10.5 Å². The molecule has 0 spiro atoms. The van der Waals surface area contributed by atoms with Crippen LogP contribution in [-0.4, -0.2) is 25.7 Å². The van der Waals surface area contributed by atoms with Crippen molar-refractivity contribution in [2.45, 2.75) is 6.42 Å². The normalized spacial score (nSPS) is 19.2. The number of hydrogen-bond donors (Lipinski definition) is 2. The highest BCUT2D eigenvalue weighted by Gasteiger charge is 2.17. The van der Waals surface area contributed by atoms with Gasteiger partial charge in [0.15, 0.2) is 0 Å². The molecule has 17 heavy (non-hydrogen) atoms. The number of nitrogens with two attached hydrogens (primary N) is 1. The molecule has 5 heteroatoms. The summed E-state index contributed by atoms with van der Waals surface area (Å²) in [7, 11) is 0. The Hall–Kier alpha value is -1.62. The van der Waals surface area contributed by atoms with E-state index in [-0.39, 0.29) is 17.2 Å². The van der Waals surface area contributed by atoms with E-state index >= 15 is 0 Å². The molecule has 0 radical (unpaired) electrons. The molecule has 1 aromatic carbocycles. The average molecular weight is 238 g/mol. The van der Waals surface area contributed by atoms with Gasteiger partial charge >= 0.3 is 0 Å². The van der Waals surface area contributed by atoms with E-state index in [0.29, 0.717) is 19.1 Å². The number of rotatable bonds is 3. The third-order valence-electron chi connectivity index (χ3n) is 2.84. The molecule has 4 nitrogen and oxygen atoms in total. The van der Waals surface area contributed by atoms with Gasteiger partial charge in [-0.15, -0.1) is 0 Å². The maximum atomic E-state index is 13.2. The minimum Gasteiger partial charge on any atom is -0.396 e. The van der Waals surface area contributed by atoms with Crippen LogP contribution in [0.4, 0.5) is 10.1 Å². The number of halogens is 1. The van der Waals surface area contributed by atoms with E-state index in [1.807, 2.05) is 0 Å². The molecular formula is C12H15FN2O2. The zero-order chi connectivity index (χ0) is 12.3. The minimum absolute atomic E-state index is 0.0470. The lowest BCUT2D eigenvalue weighted by molar-refractivity contribution is 0.0944. The Morgan fingerprint density at radius 2 is 2.41 bits per heavy atom. The molecule has 1 saturated heterocycles. The Kier molecular flexibility index (Phi) is 3.58. The Labute approximate surface area is 98.9 Å². The van der Waals surface area contributed by atoms with E-state index in [2.05, 4.69) is 5.32 Å². The molecule has 1 heterocycles. The molecule has 0 aliphatic carbocycles. The summed E-state index contributed by atoms with van der Waals surface area (Å²) in [5, 5.41) is 2.76. The zero-order valence-corrected chi connectivity index (χ0v) is 9.41. The second kappa shape index (κ2) is 5.14. The molecule has 1 unspecified atom stereocenters. The van der Waals surface area contributed by atoms with Crippen molar-refractivity contribution in [1.29, 1.82) is 0 Å². The summed E-state index contributed by atoms with van der Waals surface area (Å²) < 4.78 is 18.4. The smallest absolute Gasteiger partial charge is 0.251 e. The van der Waals surface area contributed by atoms with Gasteiger partial charge in [0.05, 0.1) is 12.3 Å². The van der Waals surface area contributed by atoms with Gasteiger partial charge in [-0.3, -0.25) is 4.79 Å². The van der Waals surface area contributed by atoms with Crippen LogP contribution in [0, 0.1) is 11.7 Å². The monoisotopic (exact) mass is 238 g/mol. The van der Waals surface area contributed by atoms with Crippen molar-refractivity contribution in [3.05, 3.63) is 29.6 Å². The van der Waals surface area contributed by atoms with Crippen LogP contribution in [0.15, 0.2) is 18.2 Å². The fourth-order valence-corrected chi connectivity index (χ4v) is 1.75. The second-order valence-electron chi connectivity index (χ2n) is 4.18. The number of carbonyl (C=O) groups excluding carboxylic acids is 1. The number of hydrogen-bond acceptors (Lipinski definition) is 3. The highest BCUT2D eigenvalue weighted by Crippen LogP contribution is 2.13. The maximum absolute atomic E-state index is 13.2. The first-order chi connectivity index (χ1) is 8.16. The third-order valence-corrected chi connectivity index (χ3v) is 2.84. The fraction of sp³-hybridized carbons (Fsp3) is 0.417. The van der Waals surface area contributed by atoms with Crippen LogP contribution in [0.5, 0.6) is 0 Å². The molecule has 0 aromatic heterocycles. The lowest BCUT2D eigenvalue weighted by atomic mass is 10.1. The summed E-state index contributed by atoms with van der Waals surface area (Å²) in [6.07, 6.45) is 0.955. The van der Waals surface area contributed by atoms with Crippen LogP contribution in [-0.2, 0) is 4.74 Å². The second-order valence-corrected chi connectivity index (χ2v) is 4.18. The molecule has 1 aliphatic rings. The van der Waals surface area contributed by atoms with E-state index in [9.17, 15) is 9.18 Å². The molecule has 0 bridgehead atoms. The summed E-state index contributed by atoms with van der Waals surface area (Å²) in [5.74, 6) is -0.491. The van der Waals surface area contributed by atoms with Crippen molar-refractivity contribution in [3.63, 3.8) is 0 Å². The Balaban J connectivity index is 1.92. The third kappa shape index (κ3) is 2.94. The Bertz CT molecular complexity index is 417. The number of anilines is 1. The van der Waals surface area contributed by atoms with Gasteiger partial charge in [0, 0.05) is 24.6 Å². The average Bonchev–Trinajstić information content (AvgIpc) is 2.82. The van der Waals surface area contributed by atoms with Crippen LogP contribution in [0.1, 0.15) is 16.8 Å². The van der Waals surface area contributed by atoms with Gasteiger partial charge in [-0.2, -0.15) is 0 Å². The molecule has 3 N–H and O–H groups in total. The van der Waals surface area contributed by atoms with Gasteiger partial charge in [0.1, 0.15) is 5.82 Å². The van der Waals surface area contributed by atoms with E-state index in [1.165, 1.54) is 12.1 Å². The van der Waals surface area contributed by atoms with Crippen molar-refractivity contribution in [1.82, 2.24) is 5.32 Å². The number of carbonyl (C=O) groups is 1. The molecule has 1 fully saturated rings. The first kappa shape index (κ1) is 11.9. The van der Waals surface area contributed by atoms with Gasteiger partial charge in [0.2, 0.25) is 0 Å². The molecule has 1 amide bonds. The van der Waals surface area contributed by atoms with Crippen molar-refractivity contribution in [3.8, 4) is 0 Å². The zero-order valence-electron chi connectivity index (χ0n) is 9.41. The van der Waals surface area contributed by atoms with Crippen LogP contribution in [0.2, 0.25) is 0 Å². The summed E-state index contributed by atoms with van der Waals surface area (Å²) in [4.78, 5) is 11.7. The summed E-state index contributed by atoms with van der Waals surface area (Å²) in [5.41, 5.74) is 5.67. The van der Waals surface area contributed by atoms with E-state index < -0.39 is 5.82 Å². The number of amides is 1. The van der Waals surface area contributed by atoms with Gasteiger partial charge < -0.3 is 15.8 Å². The fourth-order valence-electron chi connectivity index (χ4n) is 1.75. The lowest BCUT2D eigenvalue weighted by Crippen LogP contribution is -2.29. The van der Waals surface area contributed by atoms with Crippen molar-refractivity contribution in [2.24, 2.45) is 5.92 Å². The topological polar surface area (TPSA) is 64.4 Å². The summed E-state index contributed by atoms with van der Waals surface area (Å²) >= 11 is 0. The molecule has 1 atom stereocenters. The van der Waals surface area contributed by atoms with E-state index in [1.54, 1.807) is 0 Å². The lowest BCUT2D eigenvalue weighted by Gasteiger charge is -2.09. The number of benzene rings is 1. The first-order valence-corrected chi connectivity index (χ1v) is 5.58. The summed E-state index contributed by atoms with van der Waals surface area (Å²) in [6.45, 7) is 1.98. The van der Waals surface area contributed by atoms with Crippen molar-refractivity contribution in [2.75, 3.05) is 25.5 Å². The van der Waals surface area contributed by atoms with Crippen LogP contribution < -0.4 is 11.1 Å². The predicted octanol–water partition coefficient (Wildman–Crippen LogP) is 1.17. The minimum atomic E-state index is -0.568. The van der Waals surface area contributed by atoms with Crippen molar-refractivity contribution < 1.29 is 13.9 Å². The Morgan fingerprint density at radius 3 is 3.06 bits per heavy atom. The largest absolute Gasteiger partial charge is 0.396 e. The van der Waals surface area contributed by atoms with Gasteiger partial charge in [-0.1, -0.05) is 0 Å². The number of nitrogens with one attached hydrogen (secondary N) is 1. The van der Waals surface area contributed by atoms with Crippen molar-refractivity contribution >= 4 is 11.6 Å². The van der Waals surface area contributed by atoms with E-state index in [0.717, 1.165) is 19.1 Å². The van der Waals surface area contributed by atoms with Gasteiger partial charge in [-0.25, -0.2) is 4.39 Å². The summed E-state index contributed by atoms with van der Waals surface area (Å²) in [6, 6.07) is 4.05. The Morgan fingerprint density at radius 1 is 1.59 bits per heavy atom. The van der Waals surface area contributed by atoms with Crippen LogP contribution in [0.25, 0.3) is 0 Å². The molecular weight excluding hydrogens is 223 g/mol. The highest BCUT2D eigenvalue weighted by molar-refractivity contribution is 5.94. The highest BCUT2D eigenvalue weighted by atomic mass is 19.1. The molecule has 0 saturated carbocycles. The quantitative estimate of drug-likeness (QED) is 0.777. The molecule has 1 aliphatic heterocycles. The first-order valence-electron chi connectivity index (χ1n) is 5.58. The number of nitrogen functional groups attached to an aromatic ring is 1. The van der Waals surface area contributed by atoms with Gasteiger partial charge in [-0.05, 0) is 24.6 Å². The van der Waals surface area contributed by atoms with Crippen LogP contribution in [0.3, 0.4) is 0 Å². The SMILES string of the molecule is Nc1ccc(C(=O)NCC2CCOC2)cc1F. The standard InChI is InChI=1S/C12H15FN2O2/c13-10-5-9(1-2-11(10)14)12(16)15-6-8-3-4-17-7-8/h1-2,5,8H,3-4,6-7,14H2,(H,15,16).